The predicted octanol–water partition coefficient (Wildman–Crippen LogP) is 1.58. The van der Waals surface area contributed by atoms with E-state index in [0.717, 1.165) is 6.42 Å². The smallest absolute Gasteiger partial charge is 0.255 e. The Morgan fingerprint density at radius 2 is 1.86 bits per heavy atom. The second-order valence-electron chi connectivity index (χ2n) is 5.90. The van der Waals surface area contributed by atoms with E-state index in [1.165, 1.54) is 0 Å². The molecule has 5 aliphatic carbocycles. The van der Waals surface area contributed by atoms with E-state index in [0.29, 0.717) is 11.8 Å². The Hall–Kier alpha value is -0.470. The van der Waals surface area contributed by atoms with Crippen LogP contribution in [0, 0.1) is 47.3 Å². The summed E-state index contributed by atoms with van der Waals surface area (Å²) in [5.74, 6) is -2.54. The van der Waals surface area contributed by atoms with Crippen molar-refractivity contribution in [3.63, 3.8) is 0 Å². The van der Waals surface area contributed by atoms with Gasteiger partial charge in [-0.1, -0.05) is 0 Å². The maximum absolute atomic E-state index is 13.9. The van der Waals surface area contributed by atoms with Crippen molar-refractivity contribution in [1.29, 1.82) is 0 Å². The highest BCUT2D eigenvalue weighted by Crippen LogP contribution is 2.85. The van der Waals surface area contributed by atoms with E-state index in [2.05, 4.69) is 0 Å². The minimum Gasteiger partial charge on any atom is -0.299 e. The van der Waals surface area contributed by atoms with Gasteiger partial charge < -0.3 is 0 Å². The van der Waals surface area contributed by atoms with Crippen molar-refractivity contribution in [2.45, 2.75) is 12.3 Å². The third-order valence-corrected chi connectivity index (χ3v) is 6.05. The molecule has 0 saturated heterocycles. The molecule has 8 atom stereocenters. The molecule has 0 aromatic rings. The highest BCUT2D eigenvalue weighted by molar-refractivity contribution is 5.91. The molecule has 0 amide bonds. The lowest BCUT2D eigenvalue weighted by molar-refractivity contribution is -0.174. The van der Waals surface area contributed by atoms with E-state index in [9.17, 15) is 13.6 Å². The first-order chi connectivity index (χ1) is 6.64. The number of hydrogen-bond donors (Lipinski definition) is 0. The van der Waals surface area contributed by atoms with Crippen molar-refractivity contribution in [1.82, 2.24) is 0 Å². The Morgan fingerprint density at radius 1 is 1.07 bits per heavy atom. The first kappa shape index (κ1) is 6.91. The normalized spacial score (nSPS) is 73.4. The molecule has 3 heteroatoms. The van der Waals surface area contributed by atoms with Crippen LogP contribution in [0.2, 0.25) is 0 Å². The molecule has 0 heterocycles. The van der Waals surface area contributed by atoms with Gasteiger partial charge in [-0.3, -0.25) is 4.79 Å². The van der Waals surface area contributed by atoms with Crippen LogP contribution >= 0.6 is 0 Å². The zero-order valence-corrected chi connectivity index (χ0v) is 7.49. The summed E-state index contributed by atoms with van der Waals surface area (Å²) in [7, 11) is 0. The van der Waals surface area contributed by atoms with Gasteiger partial charge >= 0.3 is 0 Å². The Bertz CT molecular complexity index is 391. The summed E-state index contributed by atoms with van der Waals surface area (Å²) in [5.41, 5.74) is 0. The average Bonchev–Trinajstić information content (AvgIpc) is 2.52. The zero-order valence-electron chi connectivity index (χ0n) is 7.49. The second kappa shape index (κ2) is 1.48. The number of rotatable bonds is 0. The van der Waals surface area contributed by atoms with Crippen molar-refractivity contribution >= 4 is 5.78 Å². The van der Waals surface area contributed by atoms with Crippen LogP contribution in [-0.4, -0.2) is 11.7 Å². The van der Waals surface area contributed by atoms with E-state index in [1.807, 2.05) is 0 Å². The molecule has 0 unspecified atom stereocenters. The van der Waals surface area contributed by atoms with Gasteiger partial charge in [0.1, 0.15) is 5.78 Å². The first-order valence-electron chi connectivity index (χ1n) is 5.55. The Kier molecular flexibility index (Phi) is 0.732. The molecule has 0 N–H and O–H groups in total. The molecule has 1 nitrogen and oxygen atoms in total. The van der Waals surface area contributed by atoms with Crippen LogP contribution in [0.1, 0.15) is 6.42 Å². The number of carbonyl (C=O) groups is 1. The van der Waals surface area contributed by atoms with Crippen molar-refractivity contribution in [3.8, 4) is 0 Å². The van der Waals surface area contributed by atoms with Crippen molar-refractivity contribution in [2.75, 3.05) is 0 Å². The van der Waals surface area contributed by atoms with Crippen LogP contribution in [0.15, 0.2) is 0 Å². The summed E-state index contributed by atoms with van der Waals surface area (Å²) in [4.78, 5) is 11.9. The zero-order chi connectivity index (χ0) is 9.40. The summed E-state index contributed by atoms with van der Waals surface area (Å²) in [6.07, 6.45) is 0.943. The van der Waals surface area contributed by atoms with Crippen LogP contribution < -0.4 is 0 Å². The summed E-state index contributed by atoms with van der Waals surface area (Å²) in [6.45, 7) is 0. The molecule has 5 saturated carbocycles. The second-order valence-corrected chi connectivity index (χ2v) is 5.90. The molecule has 74 valence electrons. The Balaban J connectivity index is 1.87. The molecule has 0 aromatic carbocycles. The van der Waals surface area contributed by atoms with Crippen LogP contribution in [0.25, 0.3) is 0 Å². The number of ketones is 1. The third-order valence-electron chi connectivity index (χ3n) is 6.05. The van der Waals surface area contributed by atoms with Crippen LogP contribution in [-0.2, 0) is 4.79 Å². The maximum atomic E-state index is 13.9. The van der Waals surface area contributed by atoms with Gasteiger partial charge in [0.05, 0.1) is 0 Å². The van der Waals surface area contributed by atoms with Gasteiger partial charge in [-0.25, -0.2) is 8.78 Å². The summed E-state index contributed by atoms with van der Waals surface area (Å²) in [5, 5.41) is 0. The number of Topliss-reactive ketones (excluding diaryl/α,β-unsaturated/α-hetero) is 1. The number of alkyl halides is 2. The Labute approximate surface area is 79.9 Å². The van der Waals surface area contributed by atoms with Crippen molar-refractivity contribution < 1.29 is 13.6 Å². The van der Waals surface area contributed by atoms with Gasteiger partial charge in [-0.15, -0.1) is 0 Å². The molecule has 5 fully saturated rings. The maximum Gasteiger partial charge on any atom is 0.255 e. The highest BCUT2D eigenvalue weighted by Gasteiger charge is 2.89. The van der Waals surface area contributed by atoms with Crippen LogP contribution in [0.3, 0.4) is 0 Å². The molecule has 2 bridgehead atoms. The van der Waals surface area contributed by atoms with E-state index in [4.69, 9.17) is 0 Å². The third kappa shape index (κ3) is 0.361. The lowest BCUT2D eigenvalue weighted by atomic mass is 9.59. The van der Waals surface area contributed by atoms with Gasteiger partial charge in [0.15, 0.2) is 0 Å². The number of hydrogen-bond acceptors (Lipinski definition) is 1. The molecule has 5 aliphatic rings. The van der Waals surface area contributed by atoms with E-state index >= 15 is 0 Å². The minimum absolute atomic E-state index is 0.214. The van der Waals surface area contributed by atoms with Gasteiger partial charge in [0.25, 0.3) is 5.92 Å². The molecular weight excluding hydrogens is 186 g/mol. The van der Waals surface area contributed by atoms with Gasteiger partial charge in [0.2, 0.25) is 0 Å². The molecule has 0 aliphatic heterocycles. The van der Waals surface area contributed by atoms with Crippen LogP contribution in [0.5, 0.6) is 0 Å². The summed E-state index contributed by atoms with van der Waals surface area (Å²) < 4.78 is 27.8. The predicted molar refractivity (Wildman–Crippen MR) is 42.5 cm³/mol. The molecule has 5 rings (SSSR count). The molecule has 0 aromatic heterocycles. The topological polar surface area (TPSA) is 17.1 Å². The minimum atomic E-state index is -2.49. The number of carbonyl (C=O) groups excluding carboxylic acids is 1. The lowest BCUT2D eigenvalue weighted by Gasteiger charge is -2.45. The largest absolute Gasteiger partial charge is 0.299 e. The SMILES string of the molecule is O=C1[C@@H]2[C@H]3C[C@@H]4[C@@H]5[C@H]3[C@H]1[C@H]5C(F)(F)[C@H]42. The van der Waals surface area contributed by atoms with Gasteiger partial charge in [-0.05, 0) is 30.1 Å². The van der Waals surface area contributed by atoms with E-state index in [1.54, 1.807) is 0 Å². The standard InChI is InChI=1S/C11H10F2O/c12-11(13)8-3-1-2-4-5(3)9(11)7(4)10(14)6(2)8/h2-9H,1H2/t2-,3+,4-,5+,6+,7-,8+,9-/m0/s1. The fourth-order valence-electron chi connectivity index (χ4n) is 6.07. The fourth-order valence-corrected chi connectivity index (χ4v) is 6.07. The van der Waals surface area contributed by atoms with Crippen molar-refractivity contribution in [2.24, 2.45) is 47.3 Å². The highest BCUT2D eigenvalue weighted by atomic mass is 19.3. The lowest BCUT2D eigenvalue weighted by Crippen LogP contribution is -2.53. The first-order valence-corrected chi connectivity index (χ1v) is 5.55. The number of fused-ring (bicyclic) bond motifs is 2. The number of halogens is 2. The molecular formula is C11H10F2O. The summed E-state index contributed by atoms with van der Waals surface area (Å²) >= 11 is 0. The van der Waals surface area contributed by atoms with Gasteiger partial charge in [-0.2, -0.15) is 0 Å². The summed E-state index contributed by atoms with van der Waals surface area (Å²) in [6, 6.07) is 0. The van der Waals surface area contributed by atoms with E-state index < -0.39 is 17.8 Å². The quantitative estimate of drug-likeness (QED) is 0.575. The molecule has 0 spiro atoms. The molecule has 0 radical (unpaired) electrons. The van der Waals surface area contributed by atoms with E-state index in [-0.39, 0.29) is 29.5 Å². The molecule has 14 heavy (non-hydrogen) atoms. The van der Waals surface area contributed by atoms with Crippen LogP contribution in [0.4, 0.5) is 8.78 Å². The van der Waals surface area contributed by atoms with Gasteiger partial charge in [0, 0.05) is 23.7 Å². The Morgan fingerprint density at radius 3 is 2.64 bits per heavy atom. The monoisotopic (exact) mass is 196 g/mol. The average molecular weight is 196 g/mol. The van der Waals surface area contributed by atoms with Crippen molar-refractivity contribution in [3.05, 3.63) is 0 Å². The fraction of sp³-hybridized carbons (Fsp3) is 0.909.